The third-order valence-electron chi connectivity index (χ3n) is 5.89. The van der Waals surface area contributed by atoms with Crippen LogP contribution in [0, 0.1) is 0 Å². The minimum absolute atomic E-state index is 0.200. The summed E-state index contributed by atoms with van der Waals surface area (Å²) in [5, 5.41) is 2.27. The number of rotatable bonds is 5. The van der Waals surface area contributed by atoms with Crippen molar-refractivity contribution in [3.63, 3.8) is 0 Å². The molecule has 174 valence electrons. The second kappa shape index (κ2) is 8.95. The largest absolute Gasteiger partial charge is 0.324 e. The number of hydrogen-bond acceptors (Lipinski definition) is 5. The molecule has 2 aromatic carbocycles. The zero-order chi connectivity index (χ0) is 23.8. The van der Waals surface area contributed by atoms with Crippen molar-refractivity contribution in [3.8, 4) is 0 Å². The number of imide groups is 1. The van der Waals surface area contributed by atoms with Crippen LogP contribution < -0.4 is 14.9 Å². The van der Waals surface area contributed by atoms with E-state index >= 15 is 0 Å². The summed E-state index contributed by atoms with van der Waals surface area (Å²) in [6, 6.07) is 12.8. The molecule has 33 heavy (non-hydrogen) atoms. The third-order valence-corrected chi connectivity index (χ3v) is 7.79. The number of nitrogens with zero attached hydrogens (tertiary/aromatic N) is 2. The number of carbonyl (C=O) groups is 3. The highest BCUT2D eigenvalue weighted by Crippen LogP contribution is 2.30. The molecular formula is C23H26N4O5S. The SMILES string of the molecule is CC(C)S(=O)(=O)NC1CCN(C(=O)Nc2ccc3c(c2)C(=O)N(c2ccccc2)C3=O)CC1. The summed E-state index contributed by atoms with van der Waals surface area (Å²) in [6.07, 6.45) is 1.03. The molecule has 2 aliphatic rings. The maximum Gasteiger partial charge on any atom is 0.321 e. The molecule has 1 saturated heterocycles. The zero-order valence-corrected chi connectivity index (χ0v) is 19.3. The Morgan fingerprint density at radius 1 is 0.970 bits per heavy atom. The number of piperidine rings is 1. The fraction of sp³-hybridized carbons (Fsp3) is 0.348. The average molecular weight is 471 g/mol. The molecule has 2 aromatic rings. The van der Waals surface area contributed by atoms with Crippen molar-refractivity contribution in [2.24, 2.45) is 0 Å². The lowest BCUT2D eigenvalue weighted by molar-refractivity contribution is 0.0926. The zero-order valence-electron chi connectivity index (χ0n) is 18.4. The molecule has 0 radical (unpaired) electrons. The van der Waals surface area contributed by atoms with Gasteiger partial charge in [-0.3, -0.25) is 9.59 Å². The lowest BCUT2D eigenvalue weighted by atomic mass is 10.1. The first-order chi connectivity index (χ1) is 15.7. The Morgan fingerprint density at radius 3 is 2.24 bits per heavy atom. The van der Waals surface area contributed by atoms with Crippen molar-refractivity contribution >= 4 is 39.2 Å². The Hall–Kier alpha value is -3.24. The van der Waals surface area contributed by atoms with Gasteiger partial charge < -0.3 is 10.2 Å². The van der Waals surface area contributed by atoms with E-state index in [1.807, 2.05) is 0 Å². The van der Waals surface area contributed by atoms with E-state index < -0.39 is 27.1 Å². The lowest BCUT2D eigenvalue weighted by Gasteiger charge is -2.32. The topological polar surface area (TPSA) is 116 Å². The van der Waals surface area contributed by atoms with E-state index in [0.29, 0.717) is 42.9 Å². The van der Waals surface area contributed by atoms with E-state index in [1.165, 1.54) is 6.07 Å². The standard InChI is InChI=1S/C23H26N4O5S/c1-15(2)33(31,32)25-16-10-12-26(13-11-16)23(30)24-17-8-9-19-20(14-17)22(29)27(21(19)28)18-6-4-3-5-7-18/h3-9,14-16,25H,10-13H2,1-2H3,(H,24,30). The molecule has 2 aliphatic heterocycles. The molecule has 1 fully saturated rings. The number of urea groups is 1. The Balaban J connectivity index is 1.40. The first-order valence-corrected chi connectivity index (χ1v) is 12.4. The highest BCUT2D eigenvalue weighted by atomic mass is 32.2. The predicted molar refractivity (Wildman–Crippen MR) is 125 cm³/mol. The molecule has 2 heterocycles. The number of anilines is 2. The van der Waals surface area contributed by atoms with Crippen molar-refractivity contribution < 1.29 is 22.8 Å². The first-order valence-electron chi connectivity index (χ1n) is 10.8. The predicted octanol–water partition coefficient (Wildman–Crippen LogP) is 2.81. The second-order valence-electron chi connectivity index (χ2n) is 8.44. The van der Waals surface area contributed by atoms with E-state index in [9.17, 15) is 22.8 Å². The number of benzene rings is 2. The number of para-hydroxylation sites is 1. The Kier molecular flexibility index (Phi) is 6.22. The van der Waals surface area contributed by atoms with E-state index in [1.54, 1.807) is 61.2 Å². The van der Waals surface area contributed by atoms with Gasteiger partial charge in [-0.05, 0) is 57.0 Å². The smallest absolute Gasteiger partial charge is 0.321 e. The fourth-order valence-electron chi connectivity index (χ4n) is 3.90. The summed E-state index contributed by atoms with van der Waals surface area (Å²) in [5.41, 5.74) is 1.44. The van der Waals surface area contributed by atoms with Crippen molar-refractivity contribution in [2.75, 3.05) is 23.3 Å². The summed E-state index contributed by atoms with van der Waals surface area (Å²) in [6.45, 7) is 4.06. The Morgan fingerprint density at radius 2 is 1.61 bits per heavy atom. The van der Waals surface area contributed by atoms with Gasteiger partial charge in [-0.25, -0.2) is 22.8 Å². The van der Waals surface area contributed by atoms with Crippen LogP contribution in [-0.4, -0.2) is 55.5 Å². The normalized spacial score (nSPS) is 16.9. The Labute approximate surface area is 192 Å². The minimum Gasteiger partial charge on any atom is -0.324 e. The molecule has 0 atom stereocenters. The quantitative estimate of drug-likeness (QED) is 0.652. The van der Waals surface area contributed by atoms with Crippen LogP contribution >= 0.6 is 0 Å². The molecule has 0 spiro atoms. The molecule has 0 aromatic heterocycles. The van der Waals surface area contributed by atoms with E-state index in [-0.39, 0.29) is 17.6 Å². The van der Waals surface area contributed by atoms with Gasteiger partial charge in [-0.15, -0.1) is 0 Å². The summed E-state index contributed by atoms with van der Waals surface area (Å²) in [7, 11) is -3.36. The van der Waals surface area contributed by atoms with Crippen LogP contribution in [0.2, 0.25) is 0 Å². The average Bonchev–Trinajstić information content (AvgIpc) is 3.04. The molecule has 2 N–H and O–H groups in total. The number of fused-ring (bicyclic) bond motifs is 1. The minimum atomic E-state index is -3.36. The van der Waals surface area contributed by atoms with Gasteiger partial charge in [0, 0.05) is 24.8 Å². The molecule has 0 bridgehead atoms. The van der Waals surface area contributed by atoms with Gasteiger partial charge in [0.25, 0.3) is 11.8 Å². The van der Waals surface area contributed by atoms with Crippen molar-refractivity contribution in [1.29, 1.82) is 0 Å². The van der Waals surface area contributed by atoms with Crippen molar-refractivity contribution in [1.82, 2.24) is 9.62 Å². The van der Waals surface area contributed by atoms with Crippen LogP contribution in [0.4, 0.5) is 16.2 Å². The molecule has 4 rings (SSSR count). The van der Waals surface area contributed by atoms with Gasteiger partial charge in [-0.2, -0.15) is 0 Å². The third kappa shape index (κ3) is 4.62. The lowest BCUT2D eigenvalue weighted by Crippen LogP contribution is -2.48. The molecule has 4 amide bonds. The number of carbonyl (C=O) groups excluding carboxylic acids is 3. The van der Waals surface area contributed by atoms with Crippen LogP contribution in [0.1, 0.15) is 47.4 Å². The van der Waals surface area contributed by atoms with Crippen LogP contribution in [0.25, 0.3) is 0 Å². The van der Waals surface area contributed by atoms with Gasteiger partial charge in [0.1, 0.15) is 0 Å². The number of sulfonamides is 1. The van der Waals surface area contributed by atoms with Gasteiger partial charge >= 0.3 is 6.03 Å². The highest BCUT2D eigenvalue weighted by molar-refractivity contribution is 7.90. The second-order valence-corrected chi connectivity index (χ2v) is 10.7. The first kappa shape index (κ1) is 22.9. The monoisotopic (exact) mass is 470 g/mol. The van der Waals surface area contributed by atoms with Crippen molar-refractivity contribution in [2.45, 2.75) is 38.0 Å². The number of nitrogens with one attached hydrogen (secondary N) is 2. The van der Waals surface area contributed by atoms with Crippen LogP contribution in [-0.2, 0) is 10.0 Å². The van der Waals surface area contributed by atoms with E-state index in [4.69, 9.17) is 0 Å². The van der Waals surface area contributed by atoms with Gasteiger partial charge in [0.15, 0.2) is 0 Å². The van der Waals surface area contributed by atoms with Crippen LogP contribution in [0.5, 0.6) is 0 Å². The number of amides is 4. The van der Waals surface area contributed by atoms with Crippen molar-refractivity contribution in [3.05, 3.63) is 59.7 Å². The maximum absolute atomic E-state index is 12.9. The van der Waals surface area contributed by atoms with Gasteiger partial charge in [-0.1, -0.05) is 18.2 Å². The molecule has 0 saturated carbocycles. The van der Waals surface area contributed by atoms with E-state index in [0.717, 1.165) is 4.90 Å². The molecule has 9 nitrogen and oxygen atoms in total. The summed E-state index contributed by atoms with van der Waals surface area (Å²) in [4.78, 5) is 41.0. The number of hydrogen-bond donors (Lipinski definition) is 2. The number of likely N-dealkylation sites (tertiary alicyclic amines) is 1. The van der Waals surface area contributed by atoms with Crippen LogP contribution in [0.15, 0.2) is 48.5 Å². The maximum atomic E-state index is 12.9. The summed E-state index contributed by atoms with van der Waals surface area (Å²) in [5.74, 6) is -0.833. The molecule has 0 unspecified atom stereocenters. The van der Waals surface area contributed by atoms with Gasteiger partial charge in [0.05, 0.1) is 22.1 Å². The summed E-state index contributed by atoms with van der Waals surface area (Å²) < 4.78 is 26.8. The Bertz CT molecular complexity index is 1190. The van der Waals surface area contributed by atoms with E-state index in [2.05, 4.69) is 10.0 Å². The van der Waals surface area contributed by atoms with Crippen LogP contribution in [0.3, 0.4) is 0 Å². The molecule has 0 aliphatic carbocycles. The fourth-order valence-corrected chi connectivity index (χ4v) is 4.87. The molecule has 10 heteroatoms. The highest BCUT2D eigenvalue weighted by Gasteiger charge is 2.37. The summed E-state index contributed by atoms with van der Waals surface area (Å²) >= 11 is 0. The van der Waals surface area contributed by atoms with Gasteiger partial charge in [0.2, 0.25) is 10.0 Å². The molecular weight excluding hydrogens is 444 g/mol.